The highest BCUT2D eigenvalue weighted by Gasteiger charge is 2.63. The Balaban J connectivity index is 2.03. The molecule has 92 valence electrons. The molecular formula is C15H26O. The van der Waals surface area contributed by atoms with Crippen molar-refractivity contribution in [3.8, 4) is 0 Å². The predicted octanol–water partition coefficient (Wildman–Crippen LogP) is 3.47. The van der Waals surface area contributed by atoms with Crippen molar-refractivity contribution in [1.82, 2.24) is 0 Å². The van der Waals surface area contributed by atoms with Gasteiger partial charge in [0.05, 0.1) is 0 Å². The van der Waals surface area contributed by atoms with Crippen LogP contribution in [0.15, 0.2) is 0 Å². The van der Waals surface area contributed by atoms with Gasteiger partial charge in [0.2, 0.25) is 0 Å². The lowest BCUT2D eigenvalue weighted by Crippen LogP contribution is -2.48. The zero-order chi connectivity index (χ0) is 11.6. The quantitative estimate of drug-likeness (QED) is 0.720. The van der Waals surface area contributed by atoms with Crippen LogP contribution < -0.4 is 0 Å². The fraction of sp³-hybridized carbons (Fsp3) is 1.00. The van der Waals surface area contributed by atoms with Crippen molar-refractivity contribution < 1.29 is 5.11 Å². The molecule has 0 aromatic carbocycles. The lowest BCUT2D eigenvalue weighted by molar-refractivity contribution is -0.0675. The Bertz CT molecular complexity index is 296. The van der Waals surface area contributed by atoms with E-state index in [0.717, 1.165) is 17.8 Å². The van der Waals surface area contributed by atoms with Crippen LogP contribution in [0.5, 0.6) is 0 Å². The standard InChI is InChI=1S/C15H26O/c1-10-4-5-13-14(2,3)12(9-16)11-6-7-15(10,13)8-11/h10-13,16H,4-9H2,1-3H3/t10-,11+,12+,13?,15-/m0/s1. The van der Waals surface area contributed by atoms with E-state index in [1.54, 1.807) is 0 Å². The lowest BCUT2D eigenvalue weighted by atomic mass is 9.52. The summed E-state index contributed by atoms with van der Waals surface area (Å²) in [7, 11) is 0. The zero-order valence-electron chi connectivity index (χ0n) is 11.0. The summed E-state index contributed by atoms with van der Waals surface area (Å²) >= 11 is 0. The van der Waals surface area contributed by atoms with Gasteiger partial charge >= 0.3 is 0 Å². The fourth-order valence-corrected chi connectivity index (χ4v) is 5.95. The van der Waals surface area contributed by atoms with Gasteiger partial charge in [0.1, 0.15) is 0 Å². The van der Waals surface area contributed by atoms with E-state index in [1.807, 2.05) is 0 Å². The van der Waals surface area contributed by atoms with Gasteiger partial charge in [-0.2, -0.15) is 0 Å². The minimum Gasteiger partial charge on any atom is -0.396 e. The van der Waals surface area contributed by atoms with Crippen molar-refractivity contribution in [3.05, 3.63) is 0 Å². The van der Waals surface area contributed by atoms with Crippen LogP contribution in [0.25, 0.3) is 0 Å². The van der Waals surface area contributed by atoms with E-state index in [2.05, 4.69) is 20.8 Å². The van der Waals surface area contributed by atoms with E-state index in [-0.39, 0.29) is 0 Å². The van der Waals surface area contributed by atoms with Crippen LogP contribution in [0, 0.1) is 34.5 Å². The summed E-state index contributed by atoms with van der Waals surface area (Å²) in [5, 5.41) is 9.73. The summed E-state index contributed by atoms with van der Waals surface area (Å²) in [6.07, 6.45) is 7.10. The summed E-state index contributed by atoms with van der Waals surface area (Å²) in [6, 6.07) is 0. The van der Waals surface area contributed by atoms with Crippen LogP contribution >= 0.6 is 0 Å². The first-order valence-electron chi connectivity index (χ1n) is 7.13. The zero-order valence-corrected chi connectivity index (χ0v) is 11.0. The lowest BCUT2D eigenvalue weighted by Gasteiger charge is -2.53. The normalized spacial score (nSPS) is 54.0. The minimum atomic E-state index is 0.374. The number of hydrogen-bond donors (Lipinski definition) is 1. The highest BCUT2D eigenvalue weighted by atomic mass is 16.3. The molecule has 3 saturated carbocycles. The Hall–Kier alpha value is -0.0400. The van der Waals surface area contributed by atoms with E-state index in [1.165, 1.54) is 32.1 Å². The molecule has 2 bridgehead atoms. The molecule has 1 heteroatoms. The second-order valence-corrected chi connectivity index (χ2v) is 7.38. The number of aliphatic hydroxyl groups is 1. The molecule has 1 nitrogen and oxygen atoms in total. The minimum absolute atomic E-state index is 0.374. The Morgan fingerprint density at radius 3 is 2.62 bits per heavy atom. The third kappa shape index (κ3) is 1.11. The van der Waals surface area contributed by atoms with E-state index >= 15 is 0 Å². The van der Waals surface area contributed by atoms with Crippen LogP contribution in [-0.2, 0) is 0 Å². The van der Waals surface area contributed by atoms with E-state index < -0.39 is 0 Å². The maximum absolute atomic E-state index is 9.73. The first-order valence-corrected chi connectivity index (χ1v) is 7.13. The average Bonchev–Trinajstić information content (AvgIpc) is 2.74. The molecule has 3 aliphatic carbocycles. The van der Waals surface area contributed by atoms with Gasteiger partial charge in [-0.05, 0) is 66.6 Å². The van der Waals surface area contributed by atoms with Gasteiger partial charge in [0.25, 0.3) is 0 Å². The Morgan fingerprint density at radius 2 is 1.94 bits per heavy atom. The van der Waals surface area contributed by atoms with Crippen molar-refractivity contribution in [1.29, 1.82) is 0 Å². The SMILES string of the molecule is C[C@H]1CCC2C(C)(C)[C@H](CO)[C@@H]3CC[C@@]21C3. The van der Waals surface area contributed by atoms with Crippen LogP contribution in [0.3, 0.4) is 0 Å². The molecule has 0 radical (unpaired) electrons. The molecule has 5 atom stereocenters. The molecule has 1 N–H and O–H groups in total. The van der Waals surface area contributed by atoms with Crippen molar-refractivity contribution in [2.45, 2.75) is 52.9 Å². The maximum atomic E-state index is 9.73. The second kappa shape index (κ2) is 3.25. The van der Waals surface area contributed by atoms with Crippen molar-refractivity contribution in [3.63, 3.8) is 0 Å². The molecule has 0 aromatic rings. The Kier molecular flexibility index (Phi) is 2.25. The summed E-state index contributed by atoms with van der Waals surface area (Å²) in [5.74, 6) is 3.20. The third-order valence-corrected chi connectivity index (χ3v) is 6.81. The van der Waals surface area contributed by atoms with Crippen molar-refractivity contribution >= 4 is 0 Å². The topological polar surface area (TPSA) is 20.2 Å². The van der Waals surface area contributed by atoms with E-state index in [4.69, 9.17) is 0 Å². The van der Waals surface area contributed by atoms with Gasteiger partial charge < -0.3 is 5.11 Å². The number of hydrogen-bond acceptors (Lipinski definition) is 1. The van der Waals surface area contributed by atoms with Crippen molar-refractivity contribution in [2.24, 2.45) is 34.5 Å². The van der Waals surface area contributed by atoms with Crippen LogP contribution in [0.1, 0.15) is 52.9 Å². The number of fused-ring (bicyclic) bond motifs is 1. The molecule has 3 rings (SSSR count). The summed E-state index contributed by atoms with van der Waals surface area (Å²) < 4.78 is 0. The van der Waals surface area contributed by atoms with Gasteiger partial charge in [-0.15, -0.1) is 0 Å². The third-order valence-electron chi connectivity index (χ3n) is 6.81. The van der Waals surface area contributed by atoms with Gasteiger partial charge in [-0.3, -0.25) is 0 Å². The molecule has 16 heavy (non-hydrogen) atoms. The molecule has 3 fully saturated rings. The molecule has 0 saturated heterocycles. The molecular weight excluding hydrogens is 196 g/mol. The average molecular weight is 222 g/mol. The highest BCUT2D eigenvalue weighted by Crippen LogP contribution is 2.70. The molecule has 0 heterocycles. The van der Waals surface area contributed by atoms with Crippen LogP contribution in [0.4, 0.5) is 0 Å². The Labute approximate surface area is 99.6 Å². The van der Waals surface area contributed by atoms with E-state index in [0.29, 0.717) is 23.4 Å². The second-order valence-electron chi connectivity index (χ2n) is 7.38. The predicted molar refractivity (Wildman–Crippen MR) is 66.0 cm³/mol. The summed E-state index contributed by atoms with van der Waals surface area (Å²) in [6.45, 7) is 7.77. The fourth-order valence-electron chi connectivity index (χ4n) is 5.95. The number of rotatable bonds is 1. The van der Waals surface area contributed by atoms with Gasteiger partial charge in [0.15, 0.2) is 0 Å². The molecule has 0 amide bonds. The van der Waals surface area contributed by atoms with Crippen molar-refractivity contribution in [2.75, 3.05) is 6.61 Å². The Morgan fingerprint density at radius 1 is 1.19 bits per heavy atom. The first kappa shape index (κ1) is 11.1. The molecule has 0 aromatic heterocycles. The van der Waals surface area contributed by atoms with Gasteiger partial charge in [-0.1, -0.05) is 20.8 Å². The molecule has 0 aliphatic heterocycles. The van der Waals surface area contributed by atoms with Crippen LogP contribution in [0.2, 0.25) is 0 Å². The summed E-state index contributed by atoms with van der Waals surface area (Å²) in [4.78, 5) is 0. The van der Waals surface area contributed by atoms with E-state index in [9.17, 15) is 5.11 Å². The van der Waals surface area contributed by atoms with Gasteiger partial charge in [0, 0.05) is 6.61 Å². The van der Waals surface area contributed by atoms with Crippen LogP contribution in [-0.4, -0.2) is 11.7 Å². The largest absolute Gasteiger partial charge is 0.396 e. The maximum Gasteiger partial charge on any atom is 0.0467 e. The first-order chi connectivity index (χ1) is 7.52. The van der Waals surface area contributed by atoms with Gasteiger partial charge in [-0.25, -0.2) is 0 Å². The monoisotopic (exact) mass is 222 g/mol. The molecule has 1 unspecified atom stereocenters. The number of aliphatic hydroxyl groups excluding tert-OH is 1. The highest BCUT2D eigenvalue weighted by molar-refractivity contribution is 5.12. The molecule has 3 aliphatic rings. The molecule has 1 spiro atoms. The summed E-state index contributed by atoms with van der Waals surface area (Å²) in [5.41, 5.74) is 1.04. The smallest absolute Gasteiger partial charge is 0.0467 e.